The average Bonchev–Trinajstić information content (AvgIpc) is 3.34. The van der Waals surface area contributed by atoms with E-state index in [-0.39, 0.29) is 18.0 Å². The average molecular weight is 383 g/mol. The fourth-order valence-electron chi connectivity index (χ4n) is 3.62. The molecule has 0 radical (unpaired) electrons. The Morgan fingerprint density at radius 3 is 2.77 bits per heavy atom. The number of benzene rings is 1. The van der Waals surface area contributed by atoms with Gasteiger partial charge in [-0.15, -0.1) is 22.7 Å². The van der Waals surface area contributed by atoms with E-state index in [1.54, 1.807) is 11.3 Å². The molecule has 0 saturated heterocycles. The Bertz CT molecular complexity index is 857. The lowest BCUT2D eigenvalue weighted by Gasteiger charge is -2.35. The van der Waals surface area contributed by atoms with Crippen LogP contribution in [0.15, 0.2) is 59.3 Å². The predicted octanol–water partition coefficient (Wildman–Crippen LogP) is 4.63. The SMILES string of the molecule is CC(NC(=O)CN1CCc2sccc2C1c1cccs1)c1ccccc1. The van der Waals surface area contributed by atoms with Crippen LogP contribution >= 0.6 is 22.7 Å². The van der Waals surface area contributed by atoms with Gasteiger partial charge in [-0.2, -0.15) is 0 Å². The topological polar surface area (TPSA) is 32.3 Å². The number of hydrogen-bond donors (Lipinski definition) is 1. The second-order valence-corrected chi connectivity index (χ2v) is 8.62. The third kappa shape index (κ3) is 3.61. The molecule has 0 spiro atoms. The molecule has 0 bridgehead atoms. The van der Waals surface area contributed by atoms with Crippen molar-refractivity contribution in [2.45, 2.75) is 25.4 Å². The molecule has 1 aliphatic heterocycles. The molecule has 2 atom stereocenters. The Labute approximate surface area is 162 Å². The van der Waals surface area contributed by atoms with Crippen molar-refractivity contribution in [2.75, 3.05) is 13.1 Å². The van der Waals surface area contributed by atoms with E-state index in [0.717, 1.165) is 18.5 Å². The summed E-state index contributed by atoms with van der Waals surface area (Å²) in [5.41, 5.74) is 2.50. The van der Waals surface area contributed by atoms with Gasteiger partial charge in [-0.25, -0.2) is 0 Å². The minimum Gasteiger partial charge on any atom is -0.348 e. The molecule has 2 unspecified atom stereocenters. The Balaban J connectivity index is 1.49. The summed E-state index contributed by atoms with van der Waals surface area (Å²) in [4.78, 5) is 17.8. The van der Waals surface area contributed by atoms with E-state index < -0.39 is 0 Å². The second kappa shape index (κ2) is 7.74. The zero-order valence-electron chi connectivity index (χ0n) is 14.7. The van der Waals surface area contributed by atoms with Crippen LogP contribution in [0.5, 0.6) is 0 Å². The van der Waals surface area contributed by atoms with Crippen LogP contribution in [0.25, 0.3) is 0 Å². The lowest BCUT2D eigenvalue weighted by atomic mass is 9.98. The first kappa shape index (κ1) is 17.5. The highest BCUT2D eigenvalue weighted by Crippen LogP contribution is 2.39. The van der Waals surface area contributed by atoms with E-state index in [0.29, 0.717) is 6.54 Å². The molecule has 5 heteroatoms. The van der Waals surface area contributed by atoms with Gasteiger partial charge in [0.15, 0.2) is 0 Å². The van der Waals surface area contributed by atoms with Gasteiger partial charge < -0.3 is 5.32 Å². The largest absolute Gasteiger partial charge is 0.348 e. The molecule has 0 aliphatic carbocycles. The van der Waals surface area contributed by atoms with E-state index in [2.05, 4.69) is 51.3 Å². The quantitative estimate of drug-likeness (QED) is 0.697. The molecule has 1 N–H and O–H groups in total. The van der Waals surface area contributed by atoms with Crippen LogP contribution in [0.3, 0.4) is 0 Å². The second-order valence-electron chi connectivity index (χ2n) is 6.64. The zero-order valence-corrected chi connectivity index (χ0v) is 16.4. The van der Waals surface area contributed by atoms with Gasteiger partial charge >= 0.3 is 0 Å². The maximum absolute atomic E-state index is 12.7. The van der Waals surface area contributed by atoms with Crippen molar-refractivity contribution < 1.29 is 4.79 Å². The molecule has 3 aromatic rings. The number of fused-ring (bicyclic) bond motifs is 1. The fourth-order valence-corrected chi connectivity index (χ4v) is 5.40. The summed E-state index contributed by atoms with van der Waals surface area (Å²) in [6, 6.07) is 16.8. The molecule has 0 fully saturated rings. The lowest BCUT2D eigenvalue weighted by Crippen LogP contribution is -2.43. The lowest BCUT2D eigenvalue weighted by molar-refractivity contribution is -0.123. The van der Waals surface area contributed by atoms with Gasteiger partial charge in [-0.1, -0.05) is 36.4 Å². The van der Waals surface area contributed by atoms with E-state index in [9.17, 15) is 4.79 Å². The Morgan fingerprint density at radius 1 is 1.15 bits per heavy atom. The molecule has 2 aromatic heterocycles. The summed E-state index contributed by atoms with van der Waals surface area (Å²) in [5.74, 6) is 0.0848. The molecule has 26 heavy (non-hydrogen) atoms. The van der Waals surface area contributed by atoms with Gasteiger partial charge in [0.25, 0.3) is 0 Å². The highest BCUT2D eigenvalue weighted by Gasteiger charge is 2.31. The van der Waals surface area contributed by atoms with Crippen LogP contribution in [0.2, 0.25) is 0 Å². The van der Waals surface area contributed by atoms with Crippen molar-refractivity contribution >= 4 is 28.6 Å². The third-order valence-corrected chi connectivity index (χ3v) is 6.82. The number of hydrogen-bond acceptors (Lipinski definition) is 4. The normalized spacial score (nSPS) is 18.3. The van der Waals surface area contributed by atoms with Gasteiger partial charge in [0, 0.05) is 16.3 Å². The molecule has 134 valence electrons. The molecule has 1 aliphatic rings. The van der Waals surface area contributed by atoms with Gasteiger partial charge in [-0.05, 0) is 47.4 Å². The number of nitrogens with zero attached hydrogens (tertiary/aromatic N) is 1. The van der Waals surface area contributed by atoms with Crippen molar-refractivity contribution in [1.29, 1.82) is 0 Å². The third-order valence-electron chi connectivity index (χ3n) is 4.90. The first-order chi connectivity index (χ1) is 12.7. The number of carbonyl (C=O) groups is 1. The van der Waals surface area contributed by atoms with Crippen LogP contribution < -0.4 is 5.32 Å². The first-order valence-corrected chi connectivity index (χ1v) is 10.7. The van der Waals surface area contributed by atoms with Crippen molar-refractivity contribution in [1.82, 2.24) is 10.2 Å². The first-order valence-electron chi connectivity index (χ1n) is 8.90. The van der Waals surface area contributed by atoms with Crippen LogP contribution in [0, 0.1) is 0 Å². The summed E-state index contributed by atoms with van der Waals surface area (Å²) in [6.07, 6.45) is 1.02. The molecule has 1 aromatic carbocycles. The summed E-state index contributed by atoms with van der Waals surface area (Å²) in [5, 5.41) is 7.44. The van der Waals surface area contributed by atoms with E-state index in [1.807, 2.05) is 36.5 Å². The Hall–Kier alpha value is -1.95. The number of thiophene rings is 2. The number of carbonyl (C=O) groups excluding carboxylic acids is 1. The van der Waals surface area contributed by atoms with E-state index in [1.165, 1.54) is 15.3 Å². The Kier molecular flexibility index (Phi) is 5.20. The van der Waals surface area contributed by atoms with Crippen molar-refractivity contribution in [2.24, 2.45) is 0 Å². The highest BCUT2D eigenvalue weighted by atomic mass is 32.1. The van der Waals surface area contributed by atoms with Gasteiger partial charge in [0.05, 0.1) is 18.6 Å². The van der Waals surface area contributed by atoms with Gasteiger partial charge in [-0.3, -0.25) is 9.69 Å². The van der Waals surface area contributed by atoms with E-state index >= 15 is 0 Å². The predicted molar refractivity (Wildman–Crippen MR) is 109 cm³/mol. The summed E-state index contributed by atoms with van der Waals surface area (Å²) in [6.45, 7) is 3.38. The minimum absolute atomic E-state index is 0.0189. The summed E-state index contributed by atoms with van der Waals surface area (Å²) >= 11 is 3.60. The molecule has 3 heterocycles. The Morgan fingerprint density at radius 2 is 2.00 bits per heavy atom. The van der Waals surface area contributed by atoms with Crippen LogP contribution in [0.4, 0.5) is 0 Å². The fraction of sp³-hybridized carbons (Fsp3) is 0.286. The van der Waals surface area contributed by atoms with Crippen LogP contribution in [-0.2, 0) is 11.2 Å². The van der Waals surface area contributed by atoms with Gasteiger partial charge in [0.2, 0.25) is 5.91 Å². The molecule has 1 amide bonds. The maximum Gasteiger partial charge on any atom is 0.234 e. The van der Waals surface area contributed by atoms with Crippen molar-refractivity contribution in [3.8, 4) is 0 Å². The number of amides is 1. The summed E-state index contributed by atoms with van der Waals surface area (Å²) < 4.78 is 0. The standard InChI is InChI=1S/C21H22N2OS2/c1-15(16-6-3-2-4-7-16)22-20(24)14-23-11-9-18-17(10-13-26-18)21(23)19-8-5-12-25-19/h2-8,10,12-13,15,21H,9,11,14H2,1H3,(H,22,24). The molecule has 4 rings (SSSR count). The van der Waals surface area contributed by atoms with Crippen molar-refractivity contribution in [3.63, 3.8) is 0 Å². The summed E-state index contributed by atoms with van der Waals surface area (Å²) in [7, 11) is 0. The molecular formula is C21H22N2OS2. The molecule has 0 saturated carbocycles. The monoisotopic (exact) mass is 382 g/mol. The van der Waals surface area contributed by atoms with Crippen molar-refractivity contribution in [3.05, 3.63) is 80.2 Å². The smallest absolute Gasteiger partial charge is 0.234 e. The highest BCUT2D eigenvalue weighted by molar-refractivity contribution is 7.10. The number of nitrogens with one attached hydrogen (secondary N) is 1. The maximum atomic E-state index is 12.7. The number of rotatable bonds is 5. The van der Waals surface area contributed by atoms with Crippen LogP contribution in [0.1, 0.15) is 39.9 Å². The zero-order chi connectivity index (χ0) is 17.9. The van der Waals surface area contributed by atoms with Gasteiger partial charge in [0.1, 0.15) is 0 Å². The minimum atomic E-state index is 0.0189. The molecular weight excluding hydrogens is 360 g/mol. The van der Waals surface area contributed by atoms with Crippen LogP contribution in [-0.4, -0.2) is 23.9 Å². The van der Waals surface area contributed by atoms with E-state index in [4.69, 9.17) is 0 Å². The molecule has 3 nitrogen and oxygen atoms in total.